The Bertz CT molecular complexity index is 578. The van der Waals surface area contributed by atoms with Gasteiger partial charge in [-0.2, -0.15) is 0 Å². The molecule has 1 atom stereocenters. The standard InChI is InChI=1S/C18H25NO4/c1-11(2)10-19(6-5-17(20)21)18(22)16-9-14-7-12(3)13(4)8-15(14)23-16/h7-8,11,16H,5-6,9-10H2,1-4H3,(H,20,21). The predicted molar refractivity (Wildman–Crippen MR) is 87.7 cm³/mol. The molecule has 1 N–H and O–H groups in total. The van der Waals surface area contributed by atoms with Crippen LogP contribution < -0.4 is 4.74 Å². The molecule has 2 rings (SSSR count). The minimum Gasteiger partial charge on any atom is -0.481 e. The summed E-state index contributed by atoms with van der Waals surface area (Å²) in [5, 5.41) is 8.88. The molecule has 1 aromatic rings. The summed E-state index contributed by atoms with van der Waals surface area (Å²) in [6.07, 6.45) is -0.0356. The zero-order chi connectivity index (χ0) is 17.1. The molecule has 0 fully saturated rings. The molecule has 0 saturated heterocycles. The van der Waals surface area contributed by atoms with Crippen LogP contribution in [-0.2, 0) is 16.0 Å². The van der Waals surface area contributed by atoms with Crippen LogP contribution in [0.3, 0.4) is 0 Å². The lowest BCUT2D eigenvalue weighted by molar-refractivity contribution is -0.141. The fourth-order valence-electron chi connectivity index (χ4n) is 2.82. The van der Waals surface area contributed by atoms with Gasteiger partial charge in [-0.1, -0.05) is 19.9 Å². The van der Waals surface area contributed by atoms with Gasteiger partial charge in [-0.15, -0.1) is 0 Å². The van der Waals surface area contributed by atoms with Crippen molar-refractivity contribution in [3.05, 3.63) is 28.8 Å². The Labute approximate surface area is 137 Å². The van der Waals surface area contributed by atoms with Crippen LogP contribution in [0.1, 0.15) is 37.0 Å². The molecule has 0 spiro atoms. The fraction of sp³-hybridized carbons (Fsp3) is 0.556. The average molecular weight is 319 g/mol. The summed E-state index contributed by atoms with van der Waals surface area (Å²) < 4.78 is 5.84. The van der Waals surface area contributed by atoms with Crippen LogP contribution in [0, 0.1) is 19.8 Å². The predicted octanol–water partition coefficient (Wildman–Crippen LogP) is 2.57. The molecule has 0 saturated carbocycles. The Kier molecular flexibility index (Phi) is 5.29. The molecule has 1 aliphatic rings. The summed E-state index contributed by atoms with van der Waals surface area (Å²) in [7, 11) is 0. The van der Waals surface area contributed by atoms with Gasteiger partial charge < -0.3 is 14.7 Å². The van der Waals surface area contributed by atoms with E-state index in [2.05, 4.69) is 6.07 Å². The topological polar surface area (TPSA) is 66.8 Å². The third-order valence-corrected chi connectivity index (χ3v) is 4.12. The van der Waals surface area contributed by atoms with Crippen molar-refractivity contribution >= 4 is 11.9 Å². The Morgan fingerprint density at radius 3 is 2.57 bits per heavy atom. The highest BCUT2D eigenvalue weighted by molar-refractivity contribution is 5.83. The van der Waals surface area contributed by atoms with Gasteiger partial charge in [0.2, 0.25) is 0 Å². The maximum Gasteiger partial charge on any atom is 0.305 e. The number of carbonyl (C=O) groups excluding carboxylic acids is 1. The first-order valence-electron chi connectivity index (χ1n) is 8.05. The van der Waals surface area contributed by atoms with Gasteiger partial charge >= 0.3 is 5.97 Å². The molecule has 0 aliphatic carbocycles. The lowest BCUT2D eigenvalue weighted by atomic mass is 10.0. The van der Waals surface area contributed by atoms with Crippen molar-refractivity contribution in [1.82, 2.24) is 4.90 Å². The minimum absolute atomic E-state index is 0.0453. The van der Waals surface area contributed by atoms with Crippen LogP contribution in [0.4, 0.5) is 0 Å². The van der Waals surface area contributed by atoms with Crippen LogP contribution in [0.5, 0.6) is 5.75 Å². The highest BCUT2D eigenvalue weighted by atomic mass is 16.5. The number of carboxylic acids is 1. The average Bonchev–Trinajstić information content (AvgIpc) is 2.85. The molecule has 1 unspecified atom stereocenters. The summed E-state index contributed by atoms with van der Waals surface area (Å²) in [6.45, 7) is 8.85. The number of nitrogens with zero attached hydrogens (tertiary/aromatic N) is 1. The molecular formula is C18H25NO4. The van der Waals surface area contributed by atoms with E-state index in [0.717, 1.165) is 16.9 Å². The molecule has 5 heteroatoms. The number of ether oxygens (including phenoxy) is 1. The largest absolute Gasteiger partial charge is 0.481 e. The SMILES string of the molecule is Cc1cc2c(cc1C)OC(C(=O)N(CCC(=O)O)CC(C)C)C2. The lowest BCUT2D eigenvalue weighted by Gasteiger charge is -2.26. The van der Waals surface area contributed by atoms with Crippen molar-refractivity contribution in [1.29, 1.82) is 0 Å². The molecule has 0 aromatic heterocycles. The first kappa shape index (κ1) is 17.3. The van der Waals surface area contributed by atoms with Gasteiger partial charge in [0.1, 0.15) is 5.75 Å². The second-order valence-electron chi connectivity index (χ2n) is 6.68. The summed E-state index contributed by atoms with van der Waals surface area (Å²) in [6, 6.07) is 4.05. The lowest BCUT2D eigenvalue weighted by Crippen LogP contribution is -2.44. The quantitative estimate of drug-likeness (QED) is 0.875. The molecule has 0 bridgehead atoms. The minimum atomic E-state index is -0.895. The van der Waals surface area contributed by atoms with Crippen LogP contribution in [0.2, 0.25) is 0 Å². The van der Waals surface area contributed by atoms with Crippen molar-refractivity contribution in [2.75, 3.05) is 13.1 Å². The van der Waals surface area contributed by atoms with Gasteiger partial charge in [0.15, 0.2) is 6.10 Å². The first-order valence-corrected chi connectivity index (χ1v) is 8.05. The van der Waals surface area contributed by atoms with E-state index in [0.29, 0.717) is 13.0 Å². The molecule has 1 heterocycles. The van der Waals surface area contributed by atoms with E-state index in [9.17, 15) is 9.59 Å². The zero-order valence-corrected chi connectivity index (χ0v) is 14.3. The zero-order valence-electron chi connectivity index (χ0n) is 14.3. The Morgan fingerprint density at radius 2 is 1.96 bits per heavy atom. The first-order chi connectivity index (χ1) is 10.8. The van der Waals surface area contributed by atoms with E-state index in [1.807, 2.05) is 33.8 Å². The highest BCUT2D eigenvalue weighted by Gasteiger charge is 2.33. The summed E-state index contributed by atoms with van der Waals surface area (Å²) in [5.41, 5.74) is 3.38. The molecule has 23 heavy (non-hydrogen) atoms. The highest BCUT2D eigenvalue weighted by Crippen LogP contribution is 2.32. The maximum absolute atomic E-state index is 12.7. The summed E-state index contributed by atoms with van der Waals surface area (Å²) in [5.74, 6) is 0.0371. The number of rotatable bonds is 6. The number of aryl methyl sites for hydroxylation is 2. The molecule has 1 amide bonds. The van der Waals surface area contributed by atoms with E-state index in [1.54, 1.807) is 4.90 Å². The van der Waals surface area contributed by atoms with E-state index in [-0.39, 0.29) is 24.8 Å². The Hall–Kier alpha value is -2.04. The number of aliphatic carboxylic acids is 1. The molecule has 0 radical (unpaired) electrons. The molecule has 126 valence electrons. The van der Waals surface area contributed by atoms with E-state index in [1.165, 1.54) is 5.56 Å². The van der Waals surface area contributed by atoms with Gasteiger partial charge in [0.05, 0.1) is 6.42 Å². The number of carboxylic acid groups (broad SMARTS) is 1. The van der Waals surface area contributed by atoms with Crippen LogP contribution in [0.25, 0.3) is 0 Å². The van der Waals surface area contributed by atoms with Crippen molar-refractivity contribution in [2.45, 2.75) is 46.6 Å². The number of hydrogen-bond acceptors (Lipinski definition) is 3. The number of fused-ring (bicyclic) bond motifs is 1. The third kappa shape index (κ3) is 4.24. The summed E-state index contributed by atoms with van der Waals surface area (Å²) >= 11 is 0. The van der Waals surface area contributed by atoms with Crippen molar-refractivity contribution in [2.24, 2.45) is 5.92 Å². The monoisotopic (exact) mass is 319 g/mol. The van der Waals surface area contributed by atoms with Gasteiger partial charge in [-0.05, 0) is 42.5 Å². The van der Waals surface area contributed by atoms with Gasteiger partial charge in [0.25, 0.3) is 5.91 Å². The number of amides is 1. The van der Waals surface area contributed by atoms with E-state index >= 15 is 0 Å². The van der Waals surface area contributed by atoms with Gasteiger partial charge in [0, 0.05) is 19.5 Å². The number of hydrogen-bond donors (Lipinski definition) is 1. The second-order valence-corrected chi connectivity index (χ2v) is 6.68. The van der Waals surface area contributed by atoms with Crippen molar-refractivity contribution in [3.63, 3.8) is 0 Å². The van der Waals surface area contributed by atoms with Crippen LogP contribution in [-0.4, -0.2) is 41.1 Å². The Morgan fingerprint density at radius 1 is 1.30 bits per heavy atom. The van der Waals surface area contributed by atoms with Crippen LogP contribution in [0.15, 0.2) is 12.1 Å². The normalized spacial score (nSPS) is 16.1. The molecule has 1 aliphatic heterocycles. The maximum atomic E-state index is 12.7. The van der Waals surface area contributed by atoms with Crippen molar-refractivity contribution in [3.8, 4) is 5.75 Å². The molecular weight excluding hydrogens is 294 g/mol. The van der Waals surface area contributed by atoms with E-state index < -0.39 is 12.1 Å². The van der Waals surface area contributed by atoms with Crippen LogP contribution >= 0.6 is 0 Å². The van der Waals surface area contributed by atoms with E-state index in [4.69, 9.17) is 9.84 Å². The number of benzene rings is 1. The van der Waals surface area contributed by atoms with Gasteiger partial charge in [-0.25, -0.2) is 0 Å². The summed E-state index contributed by atoms with van der Waals surface area (Å²) in [4.78, 5) is 25.2. The third-order valence-electron chi connectivity index (χ3n) is 4.12. The number of carbonyl (C=O) groups is 2. The smallest absolute Gasteiger partial charge is 0.305 e. The molecule has 1 aromatic carbocycles. The fourth-order valence-corrected chi connectivity index (χ4v) is 2.82. The van der Waals surface area contributed by atoms with Crippen molar-refractivity contribution < 1.29 is 19.4 Å². The molecule has 5 nitrogen and oxygen atoms in total. The van der Waals surface area contributed by atoms with Gasteiger partial charge in [-0.3, -0.25) is 9.59 Å². The second kappa shape index (κ2) is 7.02. The Balaban J connectivity index is 2.10.